The number of aliphatic carboxylic acids is 1. The van der Waals surface area contributed by atoms with Crippen LogP contribution in [0.3, 0.4) is 0 Å². The summed E-state index contributed by atoms with van der Waals surface area (Å²) in [6.07, 6.45) is 2.32. The van der Waals surface area contributed by atoms with Crippen LogP contribution in [0, 0.1) is 0 Å². The van der Waals surface area contributed by atoms with Gasteiger partial charge >= 0.3 is 5.97 Å². The van der Waals surface area contributed by atoms with Gasteiger partial charge in [0.1, 0.15) is 12.2 Å². The molecule has 2 N–H and O–H groups in total. The lowest BCUT2D eigenvalue weighted by Crippen LogP contribution is -2.00. The lowest BCUT2D eigenvalue weighted by molar-refractivity contribution is -0.139. The zero-order valence-electron chi connectivity index (χ0n) is 8.20. The fourth-order valence-electron chi connectivity index (χ4n) is 0.508. The van der Waals surface area contributed by atoms with E-state index >= 15 is 0 Å². The summed E-state index contributed by atoms with van der Waals surface area (Å²) in [6, 6.07) is 0. The standard InChI is InChI=1S/C5H10O.C4H6O3/c1-3-4-5(2)6;1-3(5)2-4(6)7/h4,6H,3H2,1-2H3;2H2,1H3,(H,6,7). The Hall–Kier alpha value is -1.32. The van der Waals surface area contributed by atoms with Gasteiger partial charge in [0.15, 0.2) is 0 Å². The fraction of sp³-hybridized carbons (Fsp3) is 0.556. The van der Waals surface area contributed by atoms with Crippen molar-refractivity contribution in [2.45, 2.75) is 33.6 Å². The molecule has 0 spiro atoms. The van der Waals surface area contributed by atoms with Crippen LogP contribution in [0.25, 0.3) is 0 Å². The average molecular weight is 188 g/mol. The molecule has 0 aliphatic heterocycles. The van der Waals surface area contributed by atoms with Crippen LogP contribution < -0.4 is 0 Å². The number of carboxylic acid groups (broad SMARTS) is 1. The second-order valence-corrected chi connectivity index (χ2v) is 2.53. The van der Waals surface area contributed by atoms with Crippen LogP contribution in [0.5, 0.6) is 0 Å². The molecule has 4 nitrogen and oxygen atoms in total. The lowest BCUT2D eigenvalue weighted by Gasteiger charge is -1.80. The Kier molecular flexibility index (Phi) is 9.60. The summed E-state index contributed by atoms with van der Waals surface area (Å²) < 4.78 is 0. The molecule has 76 valence electrons. The number of aliphatic hydroxyl groups excluding tert-OH is 1. The van der Waals surface area contributed by atoms with E-state index < -0.39 is 5.97 Å². The Morgan fingerprint density at radius 3 is 1.69 bits per heavy atom. The molecule has 0 radical (unpaired) electrons. The van der Waals surface area contributed by atoms with Gasteiger partial charge in [-0.2, -0.15) is 0 Å². The van der Waals surface area contributed by atoms with Gasteiger partial charge in [-0.15, -0.1) is 0 Å². The average Bonchev–Trinajstić information content (AvgIpc) is 1.83. The first-order chi connectivity index (χ1) is 5.90. The van der Waals surface area contributed by atoms with Gasteiger partial charge in [-0.25, -0.2) is 0 Å². The largest absolute Gasteiger partial charge is 0.513 e. The zero-order chi connectivity index (χ0) is 10.9. The first-order valence-electron chi connectivity index (χ1n) is 3.97. The first kappa shape index (κ1) is 14.2. The Morgan fingerprint density at radius 1 is 1.23 bits per heavy atom. The van der Waals surface area contributed by atoms with Crippen LogP contribution >= 0.6 is 0 Å². The highest BCUT2D eigenvalue weighted by molar-refractivity contribution is 5.93. The van der Waals surface area contributed by atoms with Gasteiger partial charge in [-0.3, -0.25) is 9.59 Å². The minimum atomic E-state index is -1.06. The van der Waals surface area contributed by atoms with E-state index in [9.17, 15) is 9.59 Å². The number of ketones is 1. The third-order valence-corrected chi connectivity index (χ3v) is 0.900. The highest BCUT2D eigenvalue weighted by Gasteiger charge is 1.98. The van der Waals surface area contributed by atoms with Gasteiger partial charge in [-0.1, -0.05) is 6.92 Å². The molecule has 0 bridgehead atoms. The minimum absolute atomic E-state index is 0.312. The molecule has 0 fully saturated rings. The number of carboxylic acids is 1. The van der Waals surface area contributed by atoms with Crippen LogP contribution in [0.2, 0.25) is 0 Å². The van der Waals surface area contributed by atoms with E-state index in [1.165, 1.54) is 6.92 Å². The van der Waals surface area contributed by atoms with Gasteiger partial charge in [0.05, 0.1) is 5.76 Å². The van der Waals surface area contributed by atoms with Crippen molar-refractivity contribution < 1.29 is 19.8 Å². The molecule has 4 heteroatoms. The number of aliphatic hydroxyl groups is 1. The summed E-state index contributed by atoms with van der Waals surface area (Å²) >= 11 is 0. The summed E-state index contributed by atoms with van der Waals surface area (Å²) in [7, 11) is 0. The van der Waals surface area contributed by atoms with E-state index in [2.05, 4.69) is 0 Å². The zero-order valence-corrected chi connectivity index (χ0v) is 8.20. The second-order valence-electron chi connectivity index (χ2n) is 2.53. The van der Waals surface area contributed by atoms with E-state index in [1.54, 1.807) is 13.0 Å². The molecule has 0 aliphatic rings. The van der Waals surface area contributed by atoms with Crippen molar-refractivity contribution in [1.29, 1.82) is 0 Å². The van der Waals surface area contributed by atoms with Crippen molar-refractivity contribution in [3.8, 4) is 0 Å². The highest BCUT2D eigenvalue weighted by atomic mass is 16.4. The Balaban J connectivity index is 0. The van der Waals surface area contributed by atoms with Crippen molar-refractivity contribution in [3.63, 3.8) is 0 Å². The molecule has 0 unspecified atom stereocenters. The topological polar surface area (TPSA) is 74.6 Å². The van der Waals surface area contributed by atoms with Crippen LogP contribution in [0.15, 0.2) is 11.8 Å². The van der Waals surface area contributed by atoms with E-state index in [0.29, 0.717) is 5.76 Å². The summed E-state index contributed by atoms with van der Waals surface area (Å²) in [5, 5.41) is 16.3. The Morgan fingerprint density at radius 2 is 1.69 bits per heavy atom. The Labute approximate surface area is 77.9 Å². The maximum atomic E-state index is 9.87. The summed E-state index contributed by atoms with van der Waals surface area (Å²) in [5.74, 6) is -0.961. The molecule has 0 rings (SSSR count). The maximum absolute atomic E-state index is 9.87. The summed E-state index contributed by atoms with van der Waals surface area (Å²) in [5.41, 5.74) is 0. The molecule has 0 aromatic heterocycles. The number of hydrogen-bond donors (Lipinski definition) is 2. The predicted octanol–water partition coefficient (Wildman–Crippen LogP) is 1.91. The molecule has 0 heterocycles. The van der Waals surface area contributed by atoms with Crippen molar-refractivity contribution in [2.24, 2.45) is 0 Å². The molecule has 0 aliphatic carbocycles. The van der Waals surface area contributed by atoms with Crippen molar-refractivity contribution in [1.82, 2.24) is 0 Å². The number of rotatable bonds is 3. The van der Waals surface area contributed by atoms with Gasteiger partial charge < -0.3 is 10.2 Å². The predicted molar refractivity (Wildman–Crippen MR) is 49.6 cm³/mol. The van der Waals surface area contributed by atoms with E-state index in [-0.39, 0.29) is 12.2 Å². The molecular formula is C9H16O4. The Bertz CT molecular complexity index is 178. The van der Waals surface area contributed by atoms with Crippen LogP contribution in [0.1, 0.15) is 33.6 Å². The van der Waals surface area contributed by atoms with Crippen LogP contribution in [-0.4, -0.2) is 22.0 Å². The van der Waals surface area contributed by atoms with Crippen LogP contribution in [-0.2, 0) is 9.59 Å². The fourth-order valence-corrected chi connectivity index (χ4v) is 0.508. The lowest BCUT2D eigenvalue weighted by atomic mass is 10.3. The van der Waals surface area contributed by atoms with E-state index in [0.717, 1.165) is 6.42 Å². The van der Waals surface area contributed by atoms with Gasteiger partial charge in [0.25, 0.3) is 0 Å². The molecule has 0 atom stereocenters. The number of hydrogen-bond acceptors (Lipinski definition) is 3. The smallest absolute Gasteiger partial charge is 0.310 e. The van der Waals surface area contributed by atoms with Crippen LogP contribution in [0.4, 0.5) is 0 Å². The summed E-state index contributed by atoms with van der Waals surface area (Å²) in [4.78, 5) is 19.5. The first-order valence-corrected chi connectivity index (χ1v) is 3.97. The molecule has 0 saturated carbocycles. The van der Waals surface area contributed by atoms with Gasteiger partial charge in [-0.05, 0) is 26.3 Å². The van der Waals surface area contributed by atoms with Gasteiger partial charge in [0.2, 0.25) is 0 Å². The molecule has 0 aromatic carbocycles. The number of Topliss-reactive ketones (excluding diaryl/α,β-unsaturated/α-hetero) is 1. The van der Waals surface area contributed by atoms with Crippen molar-refractivity contribution in [2.75, 3.05) is 0 Å². The van der Waals surface area contributed by atoms with Crippen molar-refractivity contribution in [3.05, 3.63) is 11.8 Å². The van der Waals surface area contributed by atoms with Crippen molar-refractivity contribution >= 4 is 11.8 Å². The van der Waals surface area contributed by atoms with E-state index in [1.807, 2.05) is 6.92 Å². The maximum Gasteiger partial charge on any atom is 0.310 e. The molecule has 0 saturated heterocycles. The molecule has 0 amide bonds. The normalized spacial score (nSPS) is 9.92. The van der Waals surface area contributed by atoms with Gasteiger partial charge in [0, 0.05) is 0 Å². The number of carbonyl (C=O) groups excluding carboxylic acids is 1. The quantitative estimate of drug-likeness (QED) is 0.524. The monoisotopic (exact) mass is 188 g/mol. The molecular weight excluding hydrogens is 172 g/mol. The van der Waals surface area contributed by atoms with E-state index in [4.69, 9.17) is 10.2 Å². The highest BCUT2D eigenvalue weighted by Crippen LogP contribution is 1.85. The SMILES string of the molecule is CC(=O)CC(=O)O.CCC=C(C)O. The number of carbonyl (C=O) groups is 2. The minimum Gasteiger partial charge on any atom is -0.513 e. The summed E-state index contributed by atoms with van der Waals surface area (Å²) in [6.45, 7) is 4.90. The molecule has 13 heavy (non-hydrogen) atoms. The third-order valence-electron chi connectivity index (χ3n) is 0.900. The third kappa shape index (κ3) is 24.9. The molecule has 0 aromatic rings. The number of allylic oxidation sites excluding steroid dienone is 2. The second kappa shape index (κ2) is 8.77.